The lowest BCUT2D eigenvalue weighted by Crippen LogP contribution is -2.18. The topological polar surface area (TPSA) is 63.4 Å². The fourth-order valence-corrected chi connectivity index (χ4v) is 2.84. The van der Waals surface area contributed by atoms with Gasteiger partial charge in [-0.1, -0.05) is 17.3 Å². The summed E-state index contributed by atoms with van der Waals surface area (Å²) in [6, 6.07) is 6.99. The molecule has 1 heterocycles. The summed E-state index contributed by atoms with van der Waals surface area (Å²) in [4.78, 5) is 2.49. The molecule has 0 radical (unpaired) electrons. The maximum atomic E-state index is 11.4. The van der Waals surface area contributed by atoms with Gasteiger partial charge in [0.15, 0.2) is 9.84 Å². The molecule has 114 valence electrons. The first-order valence-electron chi connectivity index (χ1n) is 6.66. The molecule has 0 unspecified atom stereocenters. The smallest absolute Gasteiger partial charge is 0.175 e. The Morgan fingerprint density at radius 2 is 1.76 bits per heavy atom. The van der Waals surface area contributed by atoms with E-state index in [1.165, 1.54) is 6.26 Å². The number of aryl methyl sites for hydroxylation is 2. The van der Waals surface area contributed by atoms with Crippen LogP contribution in [0.15, 0.2) is 33.7 Å². The van der Waals surface area contributed by atoms with E-state index in [1.54, 1.807) is 12.1 Å². The Kier molecular flexibility index (Phi) is 4.49. The van der Waals surface area contributed by atoms with Crippen molar-refractivity contribution in [3.63, 3.8) is 0 Å². The average Bonchev–Trinajstić information content (AvgIpc) is 2.70. The maximum absolute atomic E-state index is 11.4. The van der Waals surface area contributed by atoms with E-state index in [0.717, 1.165) is 35.7 Å². The van der Waals surface area contributed by atoms with Gasteiger partial charge in [0, 0.05) is 24.9 Å². The second-order valence-electron chi connectivity index (χ2n) is 5.39. The van der Waals surface area contributed by atoms with Gasteiger partial charge in [-0.3, -0.25) is 4.90 Å². The highest BCUT2D eigenvalue weighted by Crippen LogP contribution is 2.16. The van der Waals surface area contributed by atoms with Crippen molar-refractivity contribution in [2.75, 3.05) is 13.3 Å². The average molecular weight is 308 g/mol. The molecule has 0 spiro atoms. The van der Waals surface area contributed by atoms with E-state index in [9.17, 15) is 8.42 Å². The van der Waals surface area contributed by atoms with Gasteiger partial charge in [0.2, 0.25) is 0 Å². The Balaban J connectivity index is 2.05. The monoisotopic (exact) mass is 308 g/mol. The van der Waals surface area contributed by atoms with Crippen molar-refractivity contribution >= 4 is 9.84 Å². The zero-order chi connectivity index (χ0) is 15.6. The fourth-order valence-electron chi connectivity index (χ4n) is 2.21. The van der Waals surface area contributed by atoms with Crippen LogP contribution in [0.25, 0.3) is 0 Å². The van der Waals surface area contributed by atoms with Gasteiger partial charge in [0.25, 0.3) is 0 Å². The highest BCUT2D eigenvalue weighted by atomic mass is 32.2. The minimum absolute atomic E-state index is 0.347. The molecule has 0 fully saturated rings. The molecule has 5 nitrogen and oxygen atoms in total. The molecule has 21 heavy (non-hydrogen) atoms. The molecule has 0 aliphatic heterocycles. The lowest BCUT2D eigenvalue weighted by molar-refractivity contribution is 0.315. The lowest BCUT2D eigenvalue weighted by Gasteiger charge is -2.16. The molecule has 2 aromatic rings. The molecule has 0 N–H and O–H groups in total. The summed E-state index contributed by atoms with van der Waals surface area (Å²) in [6.07, 6.45) is 1.21. The second kappa shape index (κ2) is 5.99. The zero-order valence-corrected chi connectivity index (χ0v) is 13.6. The summed E-state index contributed by atoms with van der Waals surface area (Å²) in [5, 5.41) is 3.95. The number of hydrogen-bond acceptors (Lipinski definition) is 5. The predicted molar refractivity (Wildman–Crippen MR) is 80.7 cm³/mol. The Hall–Kier alpha value is -1.66. The van der Waals surface area contributed by atoms with Gasteiger partial charge in [-0.2, -0.15) is 0 Å². The third-order valence-electron chi connectivity index (χ3n) is 3.41. The molecule has 0 amide bonds. The van der Waals surface area contributed by atoms with E-state index in [2.05, 4.69) is 10.1 Å². The quantitative estimate of drug-likeness (QED) is 0.848. The van der Waals surface area contributed by atoms with Crippen molar-refractivity contribution in [1.29, 1.82) is 0 Å². The van der Waals surface area contributed by atoms with Gasteiger partial charge >= 0.3 is 0 Å². The predicted octanol–water partition coefficient (Wildman–Crippen LogP) is 2.33. The van der Waals surface area contributed by atoms with Crippen LogP contribution in [-0.2, 0) is 22.9 Å². The van der Waals surface area contributed by atoms with E-state index in [-0.39, 0.29) is 0 Å². The minimum Gasteiger partial charge on any atom is -0.361 e. The highest BCUT2D eigenvalue weighted by molar-refractivity contribution is 7.90. The maximum Gasteiger partial charge on any atom is 0.175 e. The summed E-state index contributed by atoms with van der Waals surface area (Å²) in [5.74, 6) is 0.840. The number of nitrogens with zero attached hydrogens (tertiary/aromatic N) is 2. The largest absolute Gasteiger partial charge is 0.361 e. The summed E-state index contributed by atoms with van der Waals surface area (Å²) >= 11 is 0. The SMILES string of the molecule is Cc1noc(C)c1CN(C)Cc1ccc(S(C)(=O)=O)cc1. The van der Waals surface area contributed by atoms with Crippen molar-refractivity contribution in [3.05, 3.63) is 46.8 Å². The van der Waals surface area contributed by atoms with E-state index >= 15 is 0 Å². The molecule has 2 rings (SSSR count). The van der Waals surface area contributed by atoms with E-state index in [0.29, 0.717) is 4.90 Å². The number of hydrogen-bond donors (Lipinski definition) is 0. The molecule has 0 aliphatic carbocycles. The highest BCUT2D eigenvalue weighted by Gasteiger charge is 2.12. The molecular weight excluding hydrogens is 288 g/mol. The third kappa shape index (κ3) is 3.92. The molecule has 0 saturated carbocycles. The second-order valence-corrected chi connectivity index (χ2v) is 7.41. The first kappa shape index (κ1) is 15.7. The molecular formula is C15H20N2O3S. The number of benzene rings is 1. The number of aromatic nitrogens is 1. The van der Waals surface area contributed by atoms with Gasteiger partial charge in [-0.05, 0) is 38.6 Å². The standard InChI is InChI=1S/C15H20N2O3S/c1-11-15(12(2)20-16-11)10-17(3)9-13-5-7-14(8-6-13)21(4,18)19/h5-8H,9-10H2,1-4H3. The lowest BCUT2D eigenvalue weighted by atomic mass is 10.1. The summed E-state index contributed by atoms with van der Waals surface area (Å²) in [5.41, 5.74) is 3.08. The van der Waals surface area contributed by atoms with Crippen molar-refractivity contribution in [3.8, 4) is 0 Å². The first-order chi connectivity index (χ1) is 9.77. The van der Waals surface area contributed by atoms with Crippen LogP contribution in [0, 0.1) is 13.8 Å². The van der Waals surface area contributed by atoms with E-state index in [1.807, 2.05) is 33.0 Å². The van der Waals surface area contributed by atoms with Gasteiger partial charge in [0.05, 0.1) is 10.6 Å². The summed E-state index contributed by atoms with van der Waals surface area (Å²) < 4.78 is 28.0. The van der Waals surface area contributed by atoms with Crippen LogP contribution >= 0.6 is 0 Å². The van der Waals surface area contributed by atoms with Crippen LogP contribution in [-0.4, -0.2) is 31.8 Å². The third-order valence-corrected chi connectivity index (χ3v) is 4.54. The van der Waals surface area contributed by atoms with Crippen LogP contribution in [0.1, 0.15) is 22.6 Å². The normalized spacial score (nSPS) is 12.0. The van der Waals surface area contributed by atoms with E-state index < -0.39 is 9.84 Å². The van der Waals surface area contributed by atoms with Crippen molar-refractivity contribution in [1.82, 2.24) is 10.1 Å². The van der Waals surface area contributed by atoms with Gasteiger partial charge in [0.1, 0.15) is 5.76 Å². The molecule has 0 atom stereocenters. The summed E-state index contributed by atoms with van der Waals surface area (Å²) in [7, 11) is -1.12. The zero-order valence-electron chi connectivity index (χ0n) is 12.8. The van der Waals surface area contributed by atoms with Crippen molar-refractivity contribution < 1.29 is 12.9 Å². The molecule has 1 aromatic heterocycles. The van der Waals surface area contributed by atoms with Crippen LogP contribution in [0.4, 0.5) is 0 Å². The molecule has 0 saturated heterocycles. The van der Waals surface area contributed by atoms with Crippen LogP contribution in [0.5, 0.6) is 0 Å². The van der Waals surface area contributed by atoms with Crippen LogP contribution in [0.3, 0.4) is 0 Å². The van der Waals surface area contributed by atoms with Gasteiger partial charge < -0.3 is 4.52 Å². The summed E-state index contributed by atoms with van der Waals surface area (Å²) in [6.45, 7) is 5.31. The minimum atomic E-state index is -3.13. The number of sulfone groups is 1. The molecule has 1 aromatic carbocycles. The Morgan fingerprint density at radius 1 is 1.14 bits per heavy atom. The Labute approximate surface area is 125 Å². The first-order valence-corrected chi connectivity index (χ1v) is 8.56. The Bertz CT molecular complexity index is 698. The fraction of sp³-hybridized carbons (Fsp3) is 0.400. The molecule has 6 heteroatoms. The molecule has 0 bridgehead atoms. The van der Waals surface area contributed by atoms with Crippen LogP contribution in [0.2, 0.25) is 0 Å². The van der Waals surface area contributed by atoms with E-state index in [4.69, 9.17) is 4.52 Å². The van der Waals surface area contributed by atoms with Crippen molar-refractivity contribution in [2.45, 2.75) is 31.8 Å². The van der Waals surface area contributed by atoms with Gasteiger partial charge in [-0.25, -0.2) is 8.42 Å². The van der Waals surface area contributed by atoms with Crippen molar-refractivity contribution in [2.24, 2.45) is 0 Å². The molecule has 0 aliphatic rings. The number of rotatable bonds is 5. The van der Waals surface area contributed by atoms with Gasteiger partial charge in [-0.15, -0.1) is 0 Å². The Morgan fingerprint density at radius 3 is 2.24 bits per heavy atom. The van der Waals surface area contributed by atoms with Crippen LogP contribution < -0.4 is 0 Å².